The molecule has 1 amide bonds. The van der Waals surface area contributed by atoms with Crippen molar-refractivity contribution in [2.45, 2.75) is 50.9 Å². The summed E-state index contributed by atoms with van der Waals surface area (Å²) >= 11 is 6.17. The third kappa shape index (κ3) is 3.45. The molecule has 2 aliphatic rings. The van der Waals surface area contributed by atoms with E-state index in [1.54, 1.807) is 19.1 Å². The van der Waals surface area contributed by atoms with Gasteiger partial charge in [-0.05, 0) is 50.7 Å². The maximum atomic E-state index is 13.0. The first-order valence-corrected chi connectivity index (χ1v) is 9.46. The number of carbonyl (C=O) groups is 1. The standard InChI is InChI=1S/C19H18ClF3N4O/c1-10-2-4-14(17(20)26-10)18(28)27-13-3-5-15(27)11(7-13)6-12-8-25-16(9-24-12)19(21,22)23/h2,4,8-9,11,13,15H,3,5-7H2,1H3. The minimum Gasteiger partial charge on any atom is -0.332 e. The average Bonchev–Trinajstić information content (AvgIpc) is 3.18. The number of fused-ring (bicyclic) bond motifs is 2. The summed E-state index contributed by atoms with van der Waals surface area (Å²) in [7, 11) is 0. The molecule has 2 aromatic heterocycles. The third-order valence-electron chi connectivity index (χ3n) is 5.59. The first-order chi connectivity index (χ1) is 13.2. The highest BCUT2D eigenvalue weighted by molar-refractivity contribution is 6.32. The van der Waals surface area contributed by atoms with Crippen LogP contribution in [0.2, 0.25) is 5.15 Å². The molecule has 9 heteroatoms. The van der Waals surface area contributed by atoms with Gasteiger partial charge in [0.2, 0.25) is 0 Å². The number of rotatable bonds is 3. The van der Waals surface area contributed by atoms with E-state index in [1.807, 2.05) is 4.90 Å². The van der Waals surface area contributed by atoms with Crippen molar-refractivity contribution >= 4 is 17.5 Å². The molecule has 3 atom stereocenters. The van der Waals surface area contributed by atoms with Crippen LogP contribution < -0.4 is 0 Å². The van der Waals surface area contributed by atoms with Gasteiger partial charge in [0.25, 0.3) is 5.91 Å². The number of aromatic nitrogens is 3. The van der Waals surface area contributed by atoms with Gasteiger partial charge in [-0.3, -0.25) is 9.78 Å². The molecule has 2 aliphatic heterocycles. The van der Waals surface area contributed by atoms with E-state index in [1.165, 1.54) is 6.20 Å². The van der Waals surface area contributed by atoms with Crippen LogP contribution in [0.1, 0.15) is 46.7 Å². The number of hydrogen-bond donors (Lipinski definition) is 0. The van der Waals surface area contributed by atoms with Gasteiger partial charge in [0.15, 0.2) is 5.69 Å². The second-order valence-electron chi connectivity index (χ2n) is 7.39. The first-order valence-electron chi connectivity index (χ1n) is 9.08. The highest BCUT2D eigenvalue weighted by Gasteiger charge is 2.48. The van der Waals surface area contributed by atoms with Gasteiger partial charge in [-0.15, -0.1) is 0 Å². The summed E-state index contributed by atoms with van der Waals surface area (Å²) in [5, 5.41) is 0.196. The molecule has 0 aromatic carbocycles. The van der Waals surface area contributed by atoms with Crippen molar-refractivity contribution in [3.05, 3.63) is 52.3 Å². The molecule has 5 nitrogen and oxygen atoms in total. The predicted octanol–water partition coefficient (Wildman–Crippen LogP) is 4.09. The third-order valence-corrected chi connectivity index (χ3v) is 5.87. The molecule has 2 saturated heterocycles. The topological polar surface area (TPSA) is 59.0 Å². The molecule has 4 rings (SSSR count). The molecule has 0 aliphatic carbocycles. The molecule has 0 radical (unpaired) electrons. The van der Waals surface area contributed by atoms with Gasteiger partial charge >= 0.3 is 6.18 Å². The smallest absolute Gasteiger partial charge is 0.332 e. The van der Waals surface area contributed by atoms with E-state index < -0.39 is 11.9 Å². The lowest BCUT2D eigenvalue weighted by Gasteiger charge is -2.25. The van der Waals surface area contributed by atoms with Crippen LogP contribution in [0, 0.1) is 12.8 Å². The molecule has 3 unspecified atom stereocenters. The Kier molecular flexibility index (Phi) is 4.77. The van der Waals surface area contributed by atoms with Gasteiger partial charge in [-0.2, -0.15) is 13.2 Å². The fourth-order valence-corrected chi connectivity index (χ4v) is 4.62. The number of halogens is 4. The summed E-state index contributed by atoms with van der Waals surface area (Å²) in [6, 6.07) is 3.59. The Balaban J connectivity index is 1.50. The second-order valence-corrected chi connectivity index (χ2v) is 7.75. The lowest BCUT2D eigenvalue weighted by atomic mass is 9.86. The van der Waals surface area contributed by atoms with E-state index in [4.69, 9.17) is 11.6 Å². The minimum atomic E-state index is -4.50. The Morgan fingerprint density at radius 1 is 1.25 bits per heavy atom. The van der Waals surface area contributed by atoms with Crippen LogP contribution in [0.3, 0.4) is 0 Å². The molecule has 4 heterocycles. The molecule has 28 heavy (non-hydrogen) atoms. The molecule has 148 valence electrons. The number of hydrogen-bond acceptors (Lipinski definition) is 4. The van der Waals surface area contributed by atoms with Crippen LogP contribution in [0.4, 0.5) is 13.2 Å². The largest absolute Gasteiger partial charge is 0.434 e. The van der Waals surface area contributed by atoms with Crippen LogP contribution in [0.5, 0.6) is 0 Å². The molecule has 2 fully saturated rings. The van der Waals surface area contributed by atoms with Crippen LogP contribution in [0.25, 0.3) is 0 Å². The van der Waals surface area contributed by atoms with Crippen molar-refractivity contribution in [3.63, 3.8) is 0 Å². The summed E-state index contributed by atoms with van der Waals surface area (Å²) < 4.78 is 37.9. The fraction of sp³-hybridized carbons (Fsp3) is 0.474. The second kappa shape index (κ2) is 6.99. The Bertz CT molecular complexity index is 903. The lowest BCUT2D eigenvalue weighted by molar-refractivity contribution is -0.141. The zero-order valence-electron chi connectivity index (χ0n) is 15.1. The van der Waals surface area contributed by atoms with Gasteiger partial charge in [-0.1, -0.05) is 11.6 Å². The summed E-state index contributed by atoms with van der Waals surface area (Å²) in [6.07, 6.45) is 0.536. The average molecular weight is 411 g/mol. The molecule has 0 spiro atoms. The number of alkyl halides is 3. The van der Waals surface area contributed by atoms with E-state index in [0.717, 1.165) is 31.2 Å². The monoisotopic (exact) mass is 410 g/mol. The van der Waals surface area contributed by atoms with Gasteiger partial charge in [0, 0.05) is 24.0 Å². The fourth-order valence-electron chi connectivity index (χ4n) is 4.35. The van der Waals surface area contributed by atoms with E-state index in [9.17, 15) is 18.0 Å². The molecule has 2 aromatic rings. The Morgan fingerprint density at radius 3 is 2.68 bits per heavy atom. The summed E-state index contributed by atoms with van der Waals surface area (Å²) in [4.78, 5) is 26.5. The number of amides is 1. The predicted molar refractivity (Wildman–Crippen MR) is 95.8 cm³/mol. The zero-order chi connectivity index (χ0) is 20.1. The van der Waals surface area contributed by atoms with Crippen molar-refractivity contribution in [2.75, 3.05) is 0 Å². The number of pyridine rings is 1. The van der Waals surface area contributed by atoms with Gasteiger partial charge in [0.1, 0.15) is 5.15 Å². The van der Waals surface area contributed by atoms with Crippen LogP contribution in [-0.4, -0.2) is 37.8 Å². The van der Waals surface area contributed by atoms with Crippen molar-refractivity contribution in [1.29, 1.82) is 0 Å². The normalized spacial score (nSPS) is 24.0. The maximum absolute atomic E-state index is 13.0. The summed E-state index contributed by atoms with van der Waals surface area (Å²) in [5.41, 5.74) is 0.638. The van der Waals surface area contributed by atoms with Gasteiger partial charge < -0.3 is 4.90 Å². The maximum Gasteiger partial charge on any atom is 0.434 e. The minimum absolute atomic E-state index is 0.0268. The molecule has 2 bridgehead atoms. The SMILES string of the molecule is Cc1ccc(C(=O)N2C3CCC2C(Cc2cnc(C(F)(F)F)cn2)C3)c(Cl)n1. The van der Waals surface area contributed by atoms with E-state index in [2.05, 4.69) is 15.0 Å². The quantitative estimate of drug-likeness (QED) is 0.715. The first kappa shape index (κ1) is 19.1. The molecular formula is C19H18ClF3N4O. The Hall–Kier alpha value is -2.22. The van der Waals surface area contributed by atoms with Crippen LogP contribution in [0.15, 0.2) is 24.5 Å². The molecule has 0 saturated carbocycles. The Morgan fingerprint density at radius 2 is 2.04 bits per heavy atom. The van der Waals surface area contributed by atoms with Crippen molar-refractivity contribution in [2.24, 2.45) is 5.92 Å². The van der Waals surface area contributed by atoms with Crippen LogP contribution >= 0.6 is 11.6 Å². The number of nitrogens with zero attached hydrogens (tertiary/aromatic N) is 4. The summed E-state index contributed by atoms with van der Waals surface area (Å²) in [5.74, 6) is 0.0110. The lowest BCUT2D eigenvalue weighted by Crippen LogP contribution is -2.37. The van der Waals surface area contributed by atoms with E-state index >= 15 is 0 Å². The van der Waals surface area contributed by atoms with Crippen molar-refractivity contribution < 1.29 is 18.0 Å². The number of carbonyl (C=O) groups excluding carboxylic acids is 1. The summed E-state index contributed by atoms with van der Waals surface area (Å²) in [6.45, 7) is 1.81. The highest BCUT2D eigenvalue weighted by atomic mass is 35.5. The molecular weight excluding hydrogens is 393 g/mol. The number of aryl methyl sites for hydroxylation is 1. The van der Waals surface area contributed by atoms with Gasteiger partial charge in [-0.25, -0.2) is 9.97 Å². The van der Waals surface area contributed by atoms with E-state index in [-0.39, 0.29) is 29.1 Å². The zero-order valence-corrected chi connectivity index (χ0v) is 15.8. The Labute approximate surface area is 165 Å². The molecule has 0 N–H and O–H groups in total. The van der Waals surface area contributed by atoms with E-state index in [0.29, 0.717) is 17.7 Å². The van der Waals surface area contributed by atoms with Crippen molar-refractivity contribution in [1.82, 2.24) is 19.9 Å². The van der Waals surface area contributed by atoms with Gasteiger partial charge in [0.05, 0.1) is 17.5 Å². The van der Waals surface area contributed by atoms with Crippen LogP contribution in [-0.2, 0) is 12.6 Å². The highest BCUT2D eigenvalue weighted by Crippen LogP contribution is 2.44. The van der Waals surface area contributed by atoms with Crippen molar-refractivity contribution in [3.8, 4) is 0 Å².